The van der Waals surface area contributed by atoms with Gasteiger partial charge >= 0.3 is 0 Å². The standard InChI is InChI=1S/C10H16N2OS2/c1-13-6-5-12-10(14)11-4-2-9-3-7-15-8-9/h3,7-8H,2,4-6H2,1H3,(H2,11,12,14). The van der Waals surface area contributed by atoms with Gasteiger partial charge in [0.15, 0.2) is 5.11 Å². The van der Waals surface area contributed by atoms with Crippen LogP contribution in [0.5, 0.6) is 0 Å². The summed E-state index contributed by atoms with van der Waals surface area (Å²) in [7, 11) is 1.68. The lowest BCUT2D eigenvalue weighted by atomic mass is 10.2. The molecule has 0 spiro atoms. The summed E-state index contributed by atoms with van der Waals surface area (Å²) in [5, 5.41) is 11.2. The van der Waals surface area contributed by atoms with Crippen LogP contribution in [-0.4, -0.2) is 31.9 Å². The SMILES string of the molecule is COCCNC(=S)NCCc1ccsc1. The summed E-state index contributed by atoms with van der Waals surface area (Å²) in [6.07, 6.45) is 1.01. The molecule has 2 N–H and O–H groups in total. The van der Waals surface area contributed by atoms with E-state index >= 15 is 0 Å². The lowest BCUT2D eigenvalue weighted by molar-refractivity contribution is 0.204. The second-order valence-corrected chi connectivity index (χ2v) is 4.25. The van der Waals surface area contributed by atoms with Gasteiger partial charge in [-0.2, -0.15) is 11.3 Å². The van der Waals surface area contributed by atoms with Crippen molar-refractivity contribution < 1.29 is 4.74 Å². The van der Waals surface area contributed by atoms with Crippen molar-refractivity contribution in [1.29, 1.82) is 0 Å². The molecule has 15 heavy (non-hydrogen) atoms. The minimum absolute atomic E-state index is 0.673. The van der Waals surface area contributed by atoms with E-state index in [4.69, 9.17) is 17.0 Å². The normalized spacial score (nSPS) is 9.93. The first kappa shape index (κ1) is 12.4. The summed E-state index contributed by atoms with van der Waals surface area (Å²) in [5.74, 6) is 0. The average Bonchev–Trinajstić information content (AvgIpc) is 2.71. The Balaban J connectivity index is 2.02. The Kier molecular flexibility index (Phi) is 6.31. The predicted molar refractivity (Wildman–Crippen MR) is 68.5 cm³/mol. The molecule has 0 saturated carbocycles. The molecule has 1 heterocycles. The smallest absolute Gasteiger partial charge is 0.166 e. The number of thiocarbonyl (C=S) groups is 1. The van der Waals surface area contributed by atoms with Crippen LogP contribution in [0, 0.1) is 0 Å². The Labute approximate surface area is 99.8 Å². The van der Waals surface area contributed by atoms with Crippen molar-refractivity contribution in [3.8, 4) is 0 Å². The molecule has 0 aliphatic rings. The van der Waals surface area contributed by atoms with E-state index in [0.29, 0.717) is 11.7 Å². The Bertz CT molecular complexity index is 275. The van der Waals surface area contributed by atoms with E-state index in [1.54, 1.807) is 18.4 Å². The third-order valence-corrected chi connectivity index (χ3v) is 2.89. The quantitative estimate of drug-likeness (QED) is 0.585. The number of ether oxygens (including phenoxy) is 1. The summed E-state index contributed by atoms with van der Waals surface area (Å²) in [6.45, 7) is 2.29. The molecule has 1 aromatic heterocycles. The van der Waals surface area contributed by atoms with Crippen LogP contribution in [0.2, 0.25) is 0 Å². The van der Waals surface area contributed by atoms with E-state index in [-0.39, 0.29) is 0 Å². The van der Waals surface area contributed by atoms with Crippen LogP contribution in [0.1, 0.15) is 5.56 Å². The van der Waals surface area contributed by atoms with Gasteiger partial charge in [-0.3, -0.25) is 0 Å². The summed E-state index contributed by atoms with van der Waals surface area (Å²) in [5.41, 5.74) is 1.35. The van der Waals surface area contributed by atoms with Gasteiger partial charge in [-0.05, 0) is 41.0 Å². The van der Waals surface area contributed by atoms with Crippen molar-refractivity contribution >= 4 is 28.7 Å². The van der Waals surface area contributed by atoms with Crippen molar-refractivity contribution in [3.05, 3.63) is 22.4 Å². The zero-order valence-electron chi connectivity index (χ0n) is 8.79. The fourth-order valence-corrected chi connectivity index (χ4v) is 1.99. The maximum absolute atomic E-state index is 5.09. The average molecular weight is 244 g/mol. The van der Waals surface area contributed by atoms with Gasteiger partial charge in [0.25, 0.3) is 0 Å². The molecule has 0 fully saturated rings. The molecule has 0 radical (unpaired) electrons. The van der Waals surface area contributed by atoms with Crippen molar-refractivity contribution in [2.24, 2.45) is 0 Å². The van der Waals surface area contributed by atoms with Gasteiger partial charge in [-0.1, -0.05) is 0 Å². The van der Waals surface area contributed by atoms with E-state index in [1.807, 2.05) is 0 Å². The van der Waals surface area contributed by atoms with Gasteiger partial charge in [0, 0.05) is 20.2 Å². The topological polar surface area (TPSA) is 33.3 Å². The summed E-state index contributed by atoms with van der Waals surface area (Å²) >= 11 is 6.81. The number of nitrogens with one attached hydrogen (secondary N) is 2. The van der Waals surface area contributed by atoms with Gasteiger partial charge < -0.3 is 15.4 Å². The molecule has 0 bridgehead atoms. The van der Waals surface area contributed by atoms with E-state index in [9.17, 15) is 0 Å². The highest BCUT2D eigenvalue weighted by Crippen LogP contribution is 2.05. The molecule has 1 aromatic rings. The van der Waals surface area contributed by atoms with Crippen molar-refractivity contribution in [2.75, 3.05) is 26.8 Å². The Hall–Kier alpha value is -0.650. The summed E-state index contributed by atoms with van der Waals surface area (Å²) in [6, 6.07) is 2.13. The first-order chi connectivity index (χ1) is 7.33. The molecule has 0 aromatic carbocycles. The molecule has 3 nitrogen and oxygen atoms in total. The zero-order chi connectivity index (χ0) is 10.9. The molecular weight excluding hydrogens is 228 g/mol. The largest absolute Gasteiger partial charge is 0.383 e. The Morgan fingerprint density at radius 1 is 1.47 bits per heavy atom. The van der Waals surface area contributed by atoms with Gasteiger partial charge in [0.1, 0.15) is 0 Å². The third kappa shape index (κ3) is 5.71. The minimum Gasteiger partial charge on any atom is -0.383 e. The van der Waals surface area contributed by atoms with Gasteiger partial charge in [0.2, 0.25) is 0 Å². The summed E-state index contributed by atoms with van der Waals surface area (Å²) < 4.78 is 4.91. The molecule has 0 aliphatic carbocycles. The molecule has 5 heteroatoms. The van der Waals surface area contributed by atoms with Gasteiger partial charge in [-0.25, -0.2) is 0 Å². The molecule has 0 saturated heterocycles. The van der Waals surface area contributed by atoms with Crippen LogP contribution in [-0.2, 0) is 11.2 Å². The van der Waals surface area contributed by atoms with Gasteiger partial charge in [0.05, 0.1) is 6.61 Å². The third-order valence-electron chi connectivity index (χ3n) is 1.87. The van der Waals surface area contributed by atoms with E-state index in [0.717, 1.165) is 19.5 Å². The maximum Gasteiger partial charge on any atom is 0.166 e. The van der Waals surface area contributed by atoms with Crippen LogP contribution in [0.15, 0.2) is 16.8 Å². The molecular formula is C10H16N2OS2. The van der Waals surface area contributed by atoms with Gasteiger partial charge in [-0.15, -0.1) is 0 Å². The minimum atomic E-state index is 0.673. The van der Waals surface area contributed by atoms with Crippen molar-refractivity contribution in [2.45, 2.75) is 6.42 Å². The molecule has 84 valence electrons. The Morgan fingerprint density at radius 2 is 2.27 bits per heavy atom. The van der Waals surface area contributed by atoms with Crippen LogP contribution in [0.3, 0.4) is 0 Å². The lowest BCUT2D eigenvalue weighted by Crippen LogP contribution is -2.37. The molecule has 1 rings (SSSR count). The van der Waals surface area contributed by atoms with Crippen LogP contribution < -0.4 is 10.6 Å². The zero-order valence-corrected chi connectivity index (χ0v) is 10.4. The van der Waals surface area contributed by atoms with Crippen LogP contribution >= 0.6 is 23.6 Å². The molecule has 0 atom stereocenters. The molecule has 0 aliphatic heterocycles. The Morgan fingerprint density at radius 3 is 2.93 bits per heavy atom. The first-order valence-corrected chi connectivity index (χ1v) is 6.19. The first-order valence-electron chi connectivity index (χ1n) is 4.84. The number of hydrogen-bond donors (Lipinski definition) is 2. The monoisotopic (exact) mass is 244 g/mol. The van der Waals surface area contributed by atoms with E-state index < -0.39 is 0 Å². The predicted octanol–water partition coefficient (Wildman–Crippen LogP) is 1.40. The van der Waals surface area contributed by atoms with Crippen LogP contribution in [0.4, 0.5) is 0 Å². The second-order valence-electron chi connectivity index (χ2n) is 3.06. The number of hydrogen-bond acceptors (Lipinski definition) is 3. The highest BCUT2D eigenvalue weighted by molar-refractivity contribution is 7.80. The van der Waals surface area contributed by atoms with Crippen molar-refractivity contribution in [1.82, 2.24) is 10.6 Å². The molecule has 0 unspecified atom stereocenters. The number of methoxy groups -OCH3 is 1. The number of thiophene rings is 1. The lowest BCUT2D eigenvalue weighted by Gasteiger charge is -2.09. The fourth-order valence-electron chi connectivity index (χ4n) is 1.08. The highest BCUT2D eigenvalue weighted by Gasteiger charge is 1.95. The van der Waals surface area contributed by atoms with Crippen LogP contribution in [0.25, 0.3) is 0 Å². The maximum atomic E-state index is 5.09. The van der Waals surface area contributed by atoms with Crippen molar-refractivity contribution in [3.63, 3.8) is 0 Å². The second kappa shape index (κ2) is 7.62. The fraction of sp³-hybridized carbons (Fsp3) is 0.500. The van der Waals surface area contributed by atoms with E-state index in [2.05, 4.69) is 27.5 Å². The summed E-state index contributed by atoms with van der Waals surface area (Å²) in [4.78, 5) is 0. The highest BCUT2D eigenvalue weighted by atomic mass is 32.1. The number of rotatable bonds is 6. The molecule has 0 amide bonds. The van der Waals surface area contributed by atoms with E-state index in [1.165, 1.54) is 5.56 Å².